The summed E-state index contributed by atoms with van der Waals surface area (Å²) in [5, 5.41) is 0. The molecule has 3 rings (SSSR count). The molecule has 1 saturated heterocycles. The van der Waals surface area contributed by atoms with E-state index in [-0.39, 0.29) is 0 Å². The van der Waals surface area contributed by atoms with E-state index in [0.29, 0.717) is 16.5 Å². The first-order valence-corrected chi connectivity index (χ1v) is 11.2. The largest absolute Gasteiger partial charge is 0.360 e. The molecule has 1 aliphatic rings. The Morgan fingerprint density at radius 1 is 1.04 bits per heavy atom. The highest BCUT2D eigenvalue weighted by Crippen LogP contribution is 2.23. The predicted molar refractivity (Wildman–Crippen MR) is 111 cm³/mol. The third-order valence-corrected chi connectivity index (χ3v) is 6.87. The van der Waals surface area contributed by atoms with Crippen LogP contribution in [0.3, 0.4) is 0 Å². The smallest absolute Gasteiger partial charge is 0.261 e. The average Bonchev–Trinajstić information content (AvgIpc) is 2.68. The van der Waals surface area contributed by atoms with E-state index in [1.54, 1.807) is 17.0 Å². The van der Waals surface area contributed by atoms with Crippen molar-refractivity contribution >= 4 is 21.4 Å². The first-order valence-electron chi connectivity index (χ1n) is 9.68. The average molecular weight is 389 g/mol. The molecule has 5 nitrogen and oxygen atoms in total. The topological polar surface area (TPSA) is 53.9 Å². The third-order valence-electron chi connectivity index (χ3n) is 5.47. The normalized spacial score (nSPS) is 16.9. The van der Waals surface area contributed by atoms with Crippen molar-refractivity contribution in [2.24, 2.45) is 0 Å². The fourth-order valence-electron chi connectivity index (χ4n) is 3.31. The number of quaternary nitrogens is 1. The van der Waals surface area contributed by atoms with E-state index in [1.165, 1.54) is 0 Å². The number of likely N-dealkylation sites (N-methyl/N-ethyl adjacent to an activating group) is 1. The zero-order valence-corrected chi connectivity index (χ0v) is 17.2. The lowest BCUT2D eigenvalue weighted by Gasteiger charge is -2.31. The van der Waals surface area contributed by atoms with Crippen LogP contribution in [0.15, 0.2) is 53.4 Å². The Morgan fingerprint density at radius 2 is 1.63 bits per heavy atom. The Bertz CT molecular complexity index is 840. The number of hydrogen-bond acceptors (Lipinski definition) is 3. The van der Waals surface area contributed by atoms with Crippen molar-refractivity contribution in [2.45, 2.75) is 31.1 Å². The van der Waals surface area contributed by atoms with E-state index >= 15 is 0 Å². The van der Waals surface area contributed by atoms with Crippen molar-refractivity contribution in [3.05, 3.63) is 54.1 Å². The monoisotopic (exact) mass is 388 g/mol. The van der Waals surface area contributed by atoms with Gasteiger partial charge in [-0.2, -0.15) is 0 Å². The van der Waals surface area contributed by atoms with Crippen molar-refractivity contribution in [3.63, 3.8) is 0 Å². The Balaban J connectivity index is 1.68. The molecule has 0 radical (unpaired) electrons. The summed E-state index contributed by atoms with van der Waals surface area (Å²) < 4.78 is 28.0. The number of nitrogens with zero attached hydrogens (tertiary/aromatic N) is 1. The number of sulfonamides is 1. The van der Waals surface area contributed by atoms with Gasteiger partial charge in [-0.15, -0.1) is 0 Å². The van der Waals surface area contributed by atoms with Crippen molar-refractivity contribution in [3.8, 4) is 0 Å². The third kappa shape index (κ3) is 4.82. The lowest BCUT2D eigenvalue weighted by Crippen LogP contribution is -3.12. The summed E-state index contributed by atoms with van der Waals surface area (Å²) in [4.78, 5) is 4.19. The van der Waals surface area contributed by atoms with Gasteiger partial charge in [0.1, 0.15) is 0 Å². The standard InChI is InChI=1S/C21H29N3O2S/c1-4-17(2)18-5-11-21(12-6-18)27(25,26)22-19-7-9-20(10-8-19)24-15-13-23(3)14-16-24/h5-12,17,22H,4,13-16H2,1-3H3/p+1/t17-/m0/s1. The van der Waals surface area contributed by atoms with Gasteiger partial charge in [0.2, 0.25) is 0 Å². The number of nitrogens with one attached hydrogen (secondary N) is 2. The molecule has 27 heavy (non-hydrogen) atoms. The molecule has 1 aliphatic heterocycles. The Hall–Kier alpha value is -2.05. The molecule has 2 N–H and O–H groups in total. The molecule has 1 heterocycles. The van der Waals surface area contributed by atoms with Gasteiger partial charge in [0.25, 0.3) is 10.0 Å². The van der Waals surface area contributed by atoms with E-state index < -0.39 is 10.0 Å². The zero-order chi connectivity index (χ0) is 19.4. The molecular formula is C21H30N3O2S+. The van der Waals surface area contributed by atoms with Crippen LogP contribution >= 0.6 is 0 Å². The van der Waals surface area contributed by atoms with Crippen LogP contribution in [0.1, 0.15) is 31.7 Å². The fourth-order valence-corrected chi connectivity index (χ4v) is 4.37. The summed E-state index contributed by atoms with van der Waals surface area (Å²) >= 11 is 0. The SMILES string of the molecule is CC[C@H](C)c1ccc(S(=O)(=O)Nc2ccc(N3CC[NH+](C)CC3)cc2)cc1. The Kier molecular flexibility index (Phi) is 6.07. The van der Waals surface area contributed by atoms with Gasteiger partial charge in [0, 0.05) is 11.4 Å². The highest BCUT2D eigenvalue weighted by molar-refractivity contribution is 7.92. The van der Waals surface area contributed by atoms with Gasteiger partial charge in [-0.25, -0.2) is 8.42 Å². The summed E-state index contributed by atoms with van der Waals surface area (Å²) in [5.41, 5.74) is 2.89. The minimum atomic E-state index is -3.57. The second kappa shape index (κ2) is 8.31. The van der Waals surface area contributed by atoms with E-state index in [2.05, 4.69) is 30.5 Å². The summed E-state index contributed by atoms with van der Waals surface area (Å²) in [6.07, 6.45) is 1.03. The highest BCUT2D eigenvalue weighted by atomic mass is 32.2. The molecule has 1 atom stereocenters. The maximum atomic E-state index is 12.7. The molecule has 1 fully saturated rings. The van der Waals surface area contributed by atoms with Gasteiger partial charge in [-0.3, -0.25) is 4.72 Å². The molecule has 0 aliphatic carbocycles. The second-order valence-electron chi connectivity index (χ2n) is 7.47. The number of piperazine rings is 1. The van der Waals surface area contributed by atoms with Gasteiger partial charge >= 0.3 is 0 Å². The second-order valence-corrected chi connectivity index (χ2v) is 9.16. The molecule has 0 saturated carbocycles. The van der Waals surface area contributed by atoms with E-state index in [0.717, 1.165) is 43.9 Å². The van der Waals surface area contributed by atoms with Gasteiger partial charge in [-0.1, -0.05) is 26.0 Å². The predicted octanol–water partition coefficient (Wildman–Crippen LogP) is 2.34. The zero-order valence-electron chi connectivity index (χ0n) is 16.4. The molecule has 2 aromatic rings. The molecule has 0 bridgehead atoms. The van der Waals surface area contributed by atoms with Crippen LogP contribution in [0, 0.1) is 0 Å². The maximum Gasteiger partial charge on any atom is 0.261 e. The van der Waals surface area contributed by atoms with Crippen LogP contribution in [-0.4, -0.2) is 41.6 Å². The van der Waals surface area contributed by atoms with Crippen molar-refractivity contribution < 1.29 is 13.3 Å². The van der Waals surface area contributed by atoms with Crippen LogP contribution in [0.25, 0.3) is 0 Å². The maximum absolute atomic E-state index is 12.7. The summed E-state index contributed by atoms with van der Waals surface area (Å²) in [5.74, 6) is 0.429. The van der Waals surface area contributed by atoms with E-state index in [9.17, 15) is 8.42 Å². The fraction of sp³-hybridized carbons (Fsp3) is 0.429. The highest BCUT2D eigenvalue weighted by Gasteiger charge is 2.18. The number of benzene rings is 2. The van der Waals surface area contributed by atoms with Crippen LogP contribution in [0.2, 0.25) is 0 Å². The van der Waals surface area contributed by atoms with Crippen LogP contribution < -0.4 is 14.5 Å². The van der Waals surface area contributed by atoms with Crippen molar-refractivity contribution in [1.82, 2.24) is 0 Å². The quantitative estimate of drug-likeness (QED) is 0.799. The van der Waals surface area contributed by atoms with Gasteiger partial charge < -0.3 is 9.80 Å². The number of rotatable bonds is 6. The molecule has 2 aromatic carbocycles. The van der Waals surface area contributed by atoms with Crippen molar-refractivity contribution in [2.75, 3.05) is 42.8 Å². The molecule has 0 aromatic heterocycles. The lowest BCUT2D eigenvalue weighted by atomic mass is 9.99. The molecule has 6 heteroatoms. The van der Waals surface area contributed by atoms with Gasteiger partial charge in [0.05, 0.1) is 38.1 Å². The molecule has 0 amide bonds. The summed E-state index contributed by atoms with van der Waals surface area (Å²) in [6.45, 7) is 8.58. The Labute approximate surface area is 163 Å². The van der Waals surface area contributed by atoms with Crippen molar-refractivity contribution in [1.29, 1.82) is 0 Å². The minimum absolute atomic E-state index is 0.292. The number of anilines is 2. The summed E-state index contributed by atoms with van der Waals surface area (Å²) in [6, 6.07) is 14.8. The van der Waals surface area contributed by atoms with E-state index in [4.69, 9.17) is 0 Å². The van der Waals surface area contributed by atoms with E-state index in [1.807, 2.05) is 36.4 Å². The van der Waals surface area contributed by atoms with Crippen LogP contribution in [0.5, 0.6) is 0 Å². The van der Waals surface area contributed by atoms with Gasteiger partial charge in [0.15, 0.2) is 0 Å². The first-order chi connectivity index (χ1) is 12.9. The molecular weight excluding hydrogens is 358 g/mol. The molecule has 146 valence electrons. The Morgan fingerprint density at radius 3 is 2.19 bits per heavy atom. The van der Waals surface area contributed by atoms with Crippen LogP contribution in [0.4, 0.5) is 11.4 Å². The number of hydrogen-bond donors (Lipinski definition) is 2. The van der Waals surface area contributed by atoms with Gasteiger partial charge in [-0.05, 0) is 54.3 Å². The van der Waals surface area contributed by atoms with Crippen LogP contribution in [-0.2, 0) is 10.0 Å². The molecule has 0 spiro atoms. The minimum Gasteiger partial charge on any atom is -0.360 e. The first kappa shape index (κ1) is 19.7. The molecule has 0 unspecified atom stereocenters. The summed E-state index contributed by atoms with van der Waals surface area (Å²) in [7, 11) is -1.36. The lowest BCUT2D eigenvalue weighted by molar-refractivity contribution is -0.880.